The quantitative estimate of drug-likeness (QED) is 0.0147. The summed E-state index contributed by atoms with van der Waals surface area (Å²) in [7, 11) is 0. The van der Waals surface area contributed by atoms with E-state index < -0.39 is 210 Å². The number of aliphatic carboxylic acids is 2. The number of phenolic OH excluding ortho intramolecular Hbond substituents is 1. The number of aromatic carboxylic acids is 1. The number of primary amides is 1. The molecule has 1 aliphatic carbocycles. The number of benzene rings is 3. The van der Waals surface area contributed by atoms with Gasteiger partial charge in [-0.2, -0.15) is 0 Å². The lowest BCUT2D eigenvalue weighted by molar-refractivity contribution is -0.139. The first-order chi connectivity index (χ1) is 53.7. The van der Waals surface area contributed by atoms with Crippen LogP contribution in [0.3, 0.4) is 0 Å². The Morgan fingerprint density at radius 3 is 1.82 bits per heavy atom. The van der Waals surface area contributed by atoms with Crippen molar-refractivity contribution in [3.63, 3.8) is 0 Å². The number of carbonyl (C=O) groups excluding carboxylic acids is 13. The number of ketones is 6. The molecule has 1 unspecified atom stereocenters. The van der Waals surface area contributed by atoms with Crippen molar-refractivity contribution in [1.82, 2.24) is 46.1 Å². The fourth-order valence-corrected chi connectivity index (χ4v) is 13.9. The van der Waals surface area contributed by atoms with Crippen molar-refractivity contribution in [2.24, 2.45) is 35.3 Å². The Labute approximate surface area is 649 Å². The number of nitrogens with zero attached hydrogens (tertiary/aromatic N) is 3. The minimum atomic E-state index is -1.47. The van der Waals surface area contributed by atoms with Gasteiger partial charge in [0.05, 0.1) is 83.5 Å². The number of carboxylic acid groups (broad SMARTS) is 3. The number of aliphatic hydroxyl groups excluding tert-OH is 2. The maximum Gasteiger partial charge on any atom is 0.336 e. The monoisotopic (exact) mass is 1590 g/mol. The Balaban J connectivity index is 0.980. The van der Waals surface area contributed by atoms with Crippen LogP contribution in [0, 0.1) is 29.6 Å². The van der Waals surface area contributed by atoms with E-state index in [1.165, 1.54) is 100 Å². The topological polar surface area (TPSA) is 578 Å². The number of hydrogen-bond acceptors (Lipinski definition) is 26. The lowest BCUT2D eigenvalue weighted by atomic mass is 9.87. The SMILES string of the molecule is CC(=O)C[C@@H](C(=O)N[C@H](Cc1c[nH]cn1)C(=O)C[C@H](CCC(=O)O)C(=O)CCCOCC(=O)C[C@H](CSC1CC(=O)N(CCNC(=O)c2ccc(C(=O)O)c(-c3c4ccc(=O)cc-4oc4cc(O)ccc34)c2)C1=O)C(=O)NCCOCC(=O)C[C@@H](C(=O)N[C@H](Cc1c[nH]cn1)C(=O)C[C@H](CCC(=O)O)C(N)=O)[C@H](C)O)[C@H](C)O. The van der Waals surface area contributed by atoms with Gasteiger partial charge >= 0.3 is 17.9 Å². The molecule has 4 aromatic rings. The lowest BCUT2D eigenvalue weighted by Crippen LogP contribution is -2.48. The molecule has 3 aliphatic rings. The summed E-state index contributed by atoms with van der Waals surface area (Å²) in [4.78, 5) is 237. The third-order valence-corrected chi connectivity index (χ3v) is 20.1. The van der Waals surface area contributed by atoms with Gasteiger partial charge < -0.3 is 86.3 Å². The average molecular weight is 1590 g/mol. The van der Waals surface area contributed by atoms with Crippen LogP contribution in [-0.2, 0) is 89.4 Å². The van der Waals surface area contributed by atoms with E-state index in [-0.39, 0.29) is 129 Å². The Bertz CT molecular complexity index is 4500. The summed E-state index contributed by atoms with van der Waals surface area (Å²) in [5.41, 5.74) is 6.13. The number of aromatic nitrogens is 4. The molecule has 37 heteroatoms. The number of thioether (sulfide) groups is 1. The van der Waals surface area contributed by atoms with Gasteiger partial charge in [-0.3, -0.25) is 76.8 Å². The van der Waals surface area contributed by atoms with Crippen LogP contribution in [0.15, 0.2) is 88.9 Å². The number of carboxylic acids is 3. The summed E-state index contributed by atoms with van der Waals surface area (Å²) in [5.74, 6) is -19.8. The van der Waals surface area contributed by atoms with Crippen molar-refractivity contribution in [3.05, 3.63) is 112 Å². The van der Waals surface area contributed by atoms with Gasteiger partial charge in [0.2, 0.25) is 35.4 Å². The van der Waals surface area contributed by atoms with Crippen molar-refractivity contribution < 1.29 is 121 Å². The molecule has 7 rings (SSSR count). The van der Waals surface area contributed by atoms with Crippen LogP contribution in [0.4, 0.5) is 0 Å². The van der Waals surface area contributed by atoms with Crippen LogP contribution < -0.4 is 32.4 Å². The highest BCUT2D eigenvalue weighted by molar-refractivity contribution is 8.00. The number of imidazole rings is 2. The molecule has 606 valence electrons. The van der Waals surface area contributed by atoms with E-state index in [2.05, 4.69) is 41.2 Å². The fourth-order valence-electron chi connectivity index (χ4n) is 12.7. The average Bonchev–Trinajstić information content (AvgIpc) is 1.31. The largest absolute Gasteiger partial charge is 0.508 e. The van der Waals surface area contributed by atoms with Crippen LogP contribution in [-0.4, -0.2) is 231 Å². The van der Waals surface area contributed by atoms with Gasteiger partial charge in [-0.25, -0.2) is 14.8 Å². The summed E-state index contributed by atoms with van der Waals surface area (Å²) in [6.45, 7) is 0.984. The lowest BCUT2D eigenvalue weighted by Gasteiger charge is -2.24. The molecular weight excluding hydrogens is 1500 g/mol. The number of hydrogen-bond donors (Lipinski definition) is 13. The second kappa shape index (κ2) is 42.8. The number of nitrogens with two attached hydrogens (primary N) is 1. The molecule has 2 aromatic heterocycles. The summed E-state index contributed by atoms with van der Waals surface area (Å²) >= 11 is 0.872. The molecule has 1 saturated heterocycles. The molecule has 0 bridgehead atoms. The van der Waals surface area contributed by atoms with E-state index in [1.54, 1.807) is 0 Å². The fraction of sp³-hybridized carbons (Fsp3) is 0.461. The van der Waals surface area contributed by atoms with E-state index in [0.717, 1.165) is 16.7 Å². The number of nitrogens with one attached hydrogen (secondary N) is 6. The zero-order valence-electron chi connectivity index (χ0n) is 62.0. The third kappa shape index (κ3) is 26.8. The molecule has 7 amide bonds. The number of aromatic hydroxyl groups is 1. The van der Waals surface area contributed by atoms with Crippen molar-refractivity contribution in [3.8, 4) is 28.2 Å². The standard InChI is InChI=1S/C76H90N10O26S/c1-39(87)21-55(40(2)88)73(105)84-58(26-46-32-78-37-82-46)61(95)24-42(7-14-67(98)99)60(94)5-4-19-110-34-50(92)22-45(72(104)81-17-20-111-35-51(93)28-56(41(3)89)74(106)85-59(27-47-33-79-38-83-47)62(96)25-43(70(77)102)8-15-68(100)101)36-113-65-31-66(97)86(75(65)107)18-16-80-71(103)44-6-11-52(76(108)109)57(23-44)69-53-12-9-48(90)29-63(53)112-64-30-49(91)10-13-54(64)69/h6,9-13,23,29-30,32-33,37-38,40-43,45,55-56,58-59,65,88-90H,4-5,7-8,14-22,24-28,31,34-36H2,1-3H3,(H2,77,102)(H,78,82)(H,79,83)(H,80,103)(H,81,104)(H,84,105)(H,85,106)(H,98,99)(H,100,101)(H,108,109)/t40-,41-,42-,43-,45+,55+,56+,58+,59+,65?/m0/s1. The molecule has 4 heterocycles. The van der Waals surface area contributed by atoms with Crippen LogP contribution in [0.5, 0.6) is 5.75 Å². The number of ether oxygens (including phenoxy) is 2. The highest BCUT2D eigenvalue weighted by Crippen LogP contribution is 2.42. The zero-order chi connectivity index (χ0) is 82.8. The minimum absolute atomic E-state index is 0.0426. The van der Waals surface area contributed by atoms with Crippen LogP contribution in [0.25, 0.3) is 33.4 Å². The van der Waals surface area contributed by atoms with E-state index in [9.17, 15) is 107 Å². The number of aliphatic hydroxyl groups is 2. The first-order valence-electron chi connectivity index (χ1n) is 36.2. The Hall–Kier alpha value is -11.5. The number of fused-ring (bicyclic) bond motifs is 2. The van der Waals surface area contributed by atoms with Crippen LogP contribution >= 0.6 is 11.8 Å². The maximum absolute atomic E-state index is 14.1. The molecule has 2 aromatic carbocycles. The van der Waals surface area contributed by atoms with Crippen molar-refractivity contribution in [1.29, 1.82) is 0 Å². The summed E-state index contributed by atoms with van der Waals surface area (Å²) in [5, 5.41) is 69.9. The Morgan fingerprint density at radius 2 is 1.25 bits per heavy atom. The smallest absolute Gasteiger partial charge is 0.336 e. The molecule has 2 aliphatic heterocycles. The van der Waals surface area contributed by atoms with Gasteiger partial charge in [0, 0.05) is 161 Å². The van der Waals surface area contributed by atoms with E-state index in [4.69, 9.17) is 24.7 Å². The van der Waals surface area contributed by atoms with E-state index in [0.29, 0.717) is 22.3 Å². The summed E-state index contributed by atoms with van der Waals surface area (Å²) in [6, 6.07) is 9.06. The molecule has 0 radical (unpaired) electrons. The normalized spacial score (nSPS) is 15.2. The zero-order valence-corrected chi connectivity index (χ0v) is 62.8. The van der Waals surface area contributed by atoms with Gasteiger partial charge in [-0.15, -0.1) is 11.8 Å². The molecule has 36 nitrogen and oxygen atoms in total. The number of rotatable bonds is 51. The van der Waals surface area contributed by atoms with Gasteiger partial charge in [0.15, 0.2) is 28.6 Å². The number of Topliss-reactive ketones (excluding diaryl/α,β-unsaturated/α-hetero) is 6. The van der Waals surface area contributed by atoms with Crippen molar-refractivity contribution >= 4 is 117 Å². The molecule has 1 fully saturated rings. The molecule has 0 saturated carbocycles. The number of phenols is 1. The maximum atomic E-state index is 14.1. The number of imide groups is 1. The second-order valence-electron chi connectivity index (χ2n) is 27.4. The van der Waals surface area contributed by atoms with Gasteiger partial charge in [-0.1, -0.05) is 0 Å². The molecule has 10 atom stereocenters. The molecule has 14 N–H and O–H groups in total. The van der Waals surface area contributed by atoms with Crippen molar-refractivity contribution in [2.45, 2.75) is 140 Å². The third-order valence-electron chi connectivity index (χ3n) is 18.7. The first kappa shape index (κ1) is 88.7. The number of likely N-dealkylation sites (tertiary alicyclic amines) is 1. The van der Waals surface area contributed by atoms with E-state index >= 15 is 0 Å². The summed E-state index contributed by atoms with van der Waals surface area (Å²) < 4.78 is 17.1. The van der Waals surface area contributed by atoms with Gasteiger partial charge in [-0.05, 0) is 88.1 Å². The molecule has 0 spiro atoms. The van der Waals surface area contributed by atoms with Gasteiger partial charge in [0.1, 0.15) is 41.9 Å². The minimum Gasteiger partial charge on any atom is -0.508 e. The highest BCUT2D eigenvalue weighted by atomic mass is 32.2. The van der Waals surface area contributed by atoms with Crippen LogP contribution in [0.1, 0.15) is 130 Å². The number of aromatic amines is 2. The number of carbonyl (C=O) groups is 16. The Morgan fingerprint density at radius 1 is 0.655 bits per heavy atom. The number of H-pyrrole nitrogens is 2. The second-order valence-corrected chi connectivity index (χ2v) is 28.7. The first-order valence-corrected chi connectivity index (χ1v) is 37.2. The van der Waals surface area contributed by atoms with Crippen molar-refractivity contribution in [2.75, 3.05) is 51.8 Å². The predicted molar refractivity (Wildman–Crippen MR) is 398 cm³/mol. The number of amides is 7. The van der Waals surface area contributed by atoms with Gasteiger partial charge in [0.25, 0.3) is 5.91 Å². The summed E-state index contributed by atoms with van der Waals surface area (Å²) in [6.07, 6.45) is -2.34. The molecule has 113 heavy (non-hydrogen) atoms. The molecular formula is C76H90N10O26S. The highest BCUT2D eigenvalue weighted by Gasteiger charge is 2.41. The predicted octanol–water partition coefficient (Wildman–Crippen LogP) is 1.83. The Kier molecular flexibility index (Phi) is 33.5. The van der Waals surface area contributed by atoms with Crippen LogP contribution in [0.2, 0.25) is 0 Å². The van der Waals surface area contributed by atoms with E-state index in [1.807, 2.05) is 0 Å².